The molecule has 0 radical (unpaired) electrons. The minimum Gasteiger partial charge on any atom is -0.459 e. The molecule has 0 fully saturated rings. The van der Waals surface area contributed by atoms with E-state index in [0.717, 1.165) is 21.5 Å². The van der Waals surface area contributed by atoms with Gasteiger partial charge in [-0.2, -0.15) is 0 Å². The fourth-order valence-electron chi connectivity index (χ4n) is 1.98. The Labute approximate surface area is 137 Å². The summed E-state index contributed by atoms with van der Waals surface area (Å²) in [5.41, 5.74) is 1.06. The lowest BCUT2D eigenvalue weighted by atomic mass is 10.2. The normalized spacial score (nSPS) is 12.8. The van der Waals surface area contributed by atoms with Crippen molar-refractivity contribution >= 4 is 27.7 Å². The van der Waals surface area contributed by atoms with Gasteiger partial charge in [-0.05, 0) is 29.8 Å². The number of hydrogen-bond donors (Lipinski definition) is 0. The molecule has 8 heteroatoms. The molecule has 0 saturated heterocycles. The van der Waals surface area contributed by atoms with Gasteiger partial charge in [0, 0.05) is 10.2 Å². The molecule has 0 bridgehead atoms. The summed E-state index contributed by atoms with van der Waals surface area (Å²) >= 11 is 4.97. The molecular weight excluding hydrogens is 372 g/mol. The van der Waals surface area contributed by atoms with Crippen LogP contribution in [-0.4, -0.2) is 17.0 Å². The molecule has 0 unspecified atom stereocenters. The number of aromatic nitrogens is 2. The van der Waals surface area contributed by atoms with Gasteiger partial charge < -0.3 is 18.3 Å². The molecule has 6 nitrogen and oxygen atoms in total. The molecule has 0 aliphatic carbocycles. The third kappa shape index (κ3) is 2.59. The van der Waals surface area contributed by atoms with E-state index in [9.17, 15) is 0 Å². The zero-order valence-corrected chi connectivity index (χ0v) is 13.5. The molecule has 0 amide bonds. The van der Waals surface area contributed by atoms with Crippen molar-refractivity contribution in [2.75, 3.05) is 6.79 Å². The molecule has 4 rings (SSSR count). The van der Waals surface area contributed by atoms with E-state index in [2.05, 4.69) is 26.1 Å². The molecule has 3 aromatic rings. The quantitative estimate of drug-likeness (QED) is 0.630. The highest BCUT2D eigenvalue weighted by Gasteiger charge is 2.17. The molecule has 1 aliphatic rings. The van der Waals surface area contributed by atoms with Gasteiger partial charge in [-0.3, -0.25) is 0 Å². The van der Waals surface area contributed by atoms with E-state index in [-0.39, 0.29) is 6.79 Å². The van der Waals surface area contributed by atoms with Crippen molar-refractivity contribution in [2.45, 2.75) is 11.0 Å². The largest absolute Gasteiger partial charge is 0.459 e. The standard InChI is InChI=1S/C14H9BrN2O4S/c15-9-5-12-11(19-7-20-12)4-8(9)6-22-14-17-16-13(21-14)10-2-1-3-18-10/h1-5H,6-7H2. The number of rotatable bonds is 4. The number of ether oxygens (including phenoxy) is 2. The van der Waals surface area contributed by atoms with E-state index in [0.29, 0.717) is 22.6 Å². The average Bonchev–Trinajstić information content (AvgIpc) is 3.25. The maximum atomic E-state index is 5.56. The van der Waals surface area contributed by atoms with E-state index in [1.54, 1.807) is 18.4 Å². The minimum atomic E-state index is 0.258. The van der Waals surface area contributed by atoms with Crippen molar-refractivity contribution in [3.8, 4) is 23.1 Å². The van der Waals surface area contributed by atoms with Crippen molar-refractivity contribution in [2.24, 2.45) is 0 Å². The lowest BCUT2D eigenvalue weighted by Gasteiger charge is -2.04. The molecule has 2 aromatic heterocycles. The maximum Gasteiger partial charge on any atom is 0.284 e. The molecule has 0 saturated carbocycles. The Morgan fingerprint density at radius 3 is 2.86 bits per heavy atom. The molecule has 112 valence electrons. The Kier molecular flexibility index (Phi) is 3.55. The number of hydrogen-bond acceptors (Lipinski definition) is 7. The Morgan fingerprint density at radius 2 is 2.05 bits per heavy atom. The molecule has 1 aromatic carbocycles. The van der Waals surface area contributed by atoms with Crippen LogP contribution in [0, 0.1) is 0 Å². The molecule has 0 spiro atoms. The van der Waals surface area contributed by atoms with Gasteiger partial charge in [-0.25, -0.2) is 0 Å². The second kappa shape index (κ2) is 5.69. The van der Waals surface area contributed by atoms with Crippen molar-refractivity contribution in [3.05, 3.63) is 40.6 Å². The summed E-state index contributed by atoms with van der Waals surface area (Å²) in [5, 5.41) is 8.45. The Hall–Kier alpha value is -1.93. The summed E-state index contributed by atoms with van der Waals surface area (Å²) in [7, 11) is 0. The van der Waals surface area contributed by atoms with Crippen LogP contribution < -0.4 is 9.47 Å². The highest BCUT2D eigenvalue weighted by atomic mass is 79.9. The zero-order valence-electron chi connectivity index (χ0n) is 11.1. The van der Waals surface area contributed by atoms with Crippen molar-refractivity contribution in [3.63, 3.8) is 0 Å². The summed E-state index contributed by atoms with van der Waals surface area (Å²) in [6, 6.07) is 7.40. The first-order valence-corrected chi connectivity index (χ1v) is 8.15. The molecule has 3 heterocycles. The summed E-state index contributed by atoms with van der Waals surface area (Å²) in [4.78, 5) is 0. The van der Waals surface area contributed by atoms with E-state index in [4.69, 9.17) is 18.3 Å². The third-order valence-electron chi connectivity index (χ3n) is 3.03. The van der Waals surface area contributed by atoms with Crippen LogP contribution in [0.4, 0.5) is 0 Å². The Bertz CT molecular complexity index is 803. The van der Waals surface area contributed by atoms with E-state index in [1.807, 2.05) is 12.1 Å². The summed E-state index contributed by atoms with van der Waals surface area (Å²) in [5.74, 6) is 3.09. The van der Waals surface area contributed by atoms with Gasteiger partial charge in [0.05, 0.1) is 6.26 Å². The fraction of sp³-hybridized carbons (Fsp3) is 0.143. The second-order valence-corrected chi connectivity index (χ2v) is 6.22. The van der Waals surface area contributed by atoms with Crippen LogP contribution in [0.2, 0.25) is 0 Å². The van der Waals surface area contributed by atoms with Gasteiger partial charge >= 0.3 is 0 Å². The molecular formula is C14H9BrN2O4S. The van der Waals surface area contributed by atoms with Gasteiger partial charge in [0.2, 0.25) is 6.79 Å². The van der Waals surface area contributed by atoms with Crippen molar-refractivity contribution in [1.82, 2.24) is 10.2 Å². The second-order valence-electron chi connectivity index (χ2n) is 4.44. The topological polar surface area (TPSA) is 70.5 Å². The molecule has 1 aliphatic heterocycles. The van der Waals surface area contributed by atoms with Crippen LogP contribution in [-0.2, 0) is 5.75 Å². The lowest BCUT2D eigenvalue weighted by Crippen LogP contribution is -1.92. The number of fused-ring (bicyclic) bond motifs is 1. The summed E-state index contributed by atoms with van der Waals surface area (Å²) in [6.07, 6.45) is 1.57. The lowest BCUT2D eigenvalue weighted by molar-refractivity contribution is 0.174. The smallest absolute Gasteiger partial charge is 0.284 e. The van der Waals surface area contributed by atoms with Gasteiger partial charge in [-0.1, -0.05) is 27.7 Å². The number of nitrogens with zero attached hydrogens (tertiary/aromatic N) is 2. The maximum absolute atomic E-state index is 5.56. The summed E-state index contributed by atoms with van der Waals surface area (Å²) < 4.78 is 22.4. The van der Waals surface area contributed by atoms with Gasteiger partial charge in [0.1, 0.15) is 0 Å². The highest BCUT2D eigenvalue weighted by molar-refractivity contribution is 9.10. The van der Waals surface area contributed by atoms with E-state index < -0.39 is 0 Å². The molecule has 22 heavy (non-hydrogen) atoms. The monoisotopic (exact) mass is 380 g/mol. The third-order valence-corrected chi connectivity index (χ3v) is 4.64. The first-order chi connectivity index (χ1) is 10.8. The number of furan rings is 1. The first-order valence-electron chi connectivity index (χ1n) is 6.38. The SMILES string of the molecule is Brc1cc2c(cc1CSc1nnc(-c3ccco3)o1)OCO2. The van der Waals surface area contributed by atoms with Crippen LogP contribution in [0.15, 0.2) is 49.1 Å². The first kappa shape index (κ1) is 13.7. The average molecular weight is 381 g/mol. The molecule has 0 atom stereocenters. The van der Waals surface area contributed by atoms with Gasteiger partial charge in [0.15, 0.2) is 17.3 Å². The predicted octanol–water partition coefficient (Wildman–Crippen LogP) is 4.11. The zero-order chi connectivity index (χ0) is 14.9. The number of benzene rings is 1. The van der Waals surface area contributed by atoms with Crippen molar-refractivity contribution < 1.29 is 18.3 Å². The highest BCUT2D eigenvalue weighted by Crippen LogP contribution is 2.39. The minimum absolute atomic E-state index is 0.258. The Balaban J connectivity index is 1.49. The number of thioether (sulfide) groups is 1. The van der Waals surface area contributed by atoms with E-state index >= 15 is 0 Å². The van der Waals surface area contributed by atoms with Crippen LogP contribution in [0.1, 0.15) is 5.56 Å². The van der Waals surface area contributed by atoms with Crippen LogP contribution in [0.25, 0.3) is 11.7 Å². The van der Waals surface area contributed by atoms with Gasteiger partial charge in [0.25, 0.3) is 11.1 Å². The summed E-state index contributed by atoms with van der Waals surface area (Å²) in [6.45, 7) is 0.258. The number of halogens is 1. The van der Waals surface area contributed by atoms with Crippen molar-refractivity contribution in [1.29, 1.82) is 0 Å². The fourth-order valence-corrected chi connectivity index (χ4v) is 3.38. The van der Waals surface area contributed by atoms with Crippen LogP contribution in [0.5, 0.6) is 11.5 Å². The predicted molar refractivity (Wildman–Crippen MR) is 81.8 cm³/mol. The van der Waals surface area contributed by atoms with Gasteiger partial charge in [-0.15, -0.1) is 10.2 Å². The van der Waals surface area contributed by atoms with E-state index in [1.165, 1.54) is 11.8 Å². The Morgan fingerprint density at radius 1 is 1.18 bits per heavy atom. The molecule has 0 N–H and O–H groups in total. The van der Waals surface area contributed by atoms with Crippen LogP contribution >= 0.6 is 27.7 Å². The van der Waals surface area contributed by atoms with Crippen LogP contribution in [0.3, 0.4) is 0 Å².